The molecule has 108 valence electrons. The lowest BCUT2D eigenvalue weighted by molar-refractivity contribution is -0.120. The first-order valence-corrected chi connectivity index (χ1v) is 6.91. The molecular weight excluding hydrogens is 278 g/mol. The summed E-state index contributed by atoms with van der Waals surface area (Å²) in [6.07, 6.45) is 6.73. The van der Waals surface area contributed by atoms with Crippen LogP contribution in [0.2, 0.25) is 5.02 Å². The number of amides is 1. The van der Waals surface area contributed by atoms with Gasteiger partial charge in [-0.1, -0.05) is 23.8 Å². The van der Waals surface area contributed by atoms with Crippen LogP contribution in [-0.2, 0) is 4.79 Å². The first-order valence-electron chi connectivity index (χ1n) is 6.53. The molecule has 5 heteroatoms. The zero-order valence-corrected chi connectivity index (χ0v) is 12.4. The topological polar surface area (TPSA) is 47.6 Å². The minimum absolute atomic E-state index is 0.00385. The van der Waals surface area contributed by atoms with Gasteiger partial charge in [-0.2, -0.15) is 0 Å². The molecule has 0 aromatic heterocycles. The van der Waals surface area contributed by atoms with Crippen LogP contribution in [0, 0.1) is 5.92 Å². The van der Waals surface area contributed by atoms with E-state index in [1.807, 2.05) is 6.08 Å². The van der Waals surface area contributed by atoms with E-state index in [0.29, 0.717) is 22.2 Å². The van der Waals surface area contributed by atoms with E-state index in [4.69, 9.17) is 21.1 Å². The van der Waals surface area contributed by atoms with Crippen LogP contribution < -0.4 is 14.8 Å². The van der Waals surface area contributed by atoms with Gasteiger partial charge in [0.25, 0.3) is 0 Å². The maximum atomic E-state index is 12.2. The zero-order valence-electron chi connectivity index (χ0n) is 11.6. The molecule has 0 heterocycles. The summed E-state index contributed by atoms with van der Waals surface area (Å²) in [5, 5.41) is 3.30. The normalized spacial score (nSPS) is 17.6. The third-order valence-electron chi connectivity index (χ3n) is 3.37. The van der Waals surface area contributed by atoms with Crippen LogP contribution in [0.15, 0.2) is 24.3 Å². The van der Waals surface area contributed by atoms with Crippen molar-refractivity contribution in [2.75, 3.05) is 19.5 Å². The van der Waals surface area contributed by atoms with Crippen LogP contribution >= 0.6 is 11.6 Å². The Morgan fingerprint density at radius 3 is 2.55 bits per heavy atom. The van der Waals surface area contributed by atoms with Gasteiger partial charge in [0, 0.05) is 18.1 Å². The average Bonchev–Trinajstić information content (AvgIpc) is 2.49. The maximum Gasteiger partial charge on any atom is 0.227 e. The fraction of sp³-hybridized carbons (Fsp3) is 0.400. The summed E-state index contributed by atoms with van der Waals surface area (Å²) < 4.78 is 10.4. The van der Waals surface area contributed by atoms with Crippen molar-refractivity contribution in [3.63, 3.8) is 0 Å². The Morgan fingerprint density at radius 1 is 1.25 bits per heavy atom. The molecule has 0 aliphatic heterocycles. The number of halogens is 1. The van der Waals surface area contributed by atoms with Crippen molar-refractivity contribution in [2.24, 2.45) is 5.92 Å². The summed E-state index contributed by atoms with van der Waals surface area (Å²) >= 11 is 6.16. The lowest BCUT2D eigenvalue weighted by Gasteiger charge is -2.18. The molecular formula is C15H18ClNO3. The average molecular weight is 296 g/mol. The molecule has 0 fully saturated rings. The highest BCUT2D eigenvalue weighted by atomic mass is 35.5. The predicted octanol–water partition coefficient (Wildman–Crippen LogP) is 3.65. The number of hydrogen-bond acceptors (Lipinski definition) is 3. The van der Waals surface area contributed by atoms with Crippen LogP contribution in [0.3, 0.4) is 0 Å². The lowest BCUT2D eigenvalue weighted by atomic mass is 9.93. The number of carbonyl (C=O) groups excluding carboxylic acids is 1. The van der Waals surface area contributed by atoms with E-state index in [9.17, 15) is 4.79 Å². The van der Waals surface area contributed by atoms with Crippen molar-refractivity contribution in [3.05, 3.63) is 29.3 Å². The standard InChI is InChI=1S/C15H18ClNO3/c1-19-13-8-11(16)12(9-14(13)20-2)17-15(18)10-6-4-3-5-7-10/h3-4,8-10H,5-7H2,1-2H3,(H,17,18)/t10-/m0/s1. The molecule has 1 aromatic rings. The minimum Gasteiger partial charge on any atom is -0.493 e. The molecule has 0 saturated heterocycles. The number of hydrogen-bond donors (Lipinski definition) is 1. The van der Waals surface area contributed by atoms with Crippen LogP contribution in [0.5, 0.6) is 11.5 Å². The van der Waals surface area contributed by atoms with Gasteiger partial charge in [0.15, 0.2) is 11.5 Å². The Kier molecular flexibility index (Phi) is 4.90. The van der Waals surface area contributed by atoms with Crippen molar-refractivity contribution in [3.8, 4) is 11.5 Å². The number of benzene rings is 1. The van der Waals surface area contributed by atoms with Crippen LogP contribution in [-0.4, -0.2) is 20.1 Å². The molecule has 1 aliphatic carbocycles. The monoisotopic (exact) mass is 295 g/mol. The van der Waals surface area contributed by atoms with E-state index in [1.54, 1.807) is 26.4 Å². The Morgan fingerprint density at radius 2 is 1.95 bits per heavy atom. The number of ether oxygens (including phenoxy) is 2. The molecule has 1 amide bonds. The molecule has 0 spiro atoms. The van der Waals surface area contributed by atoms with Gasteiger partial charge in [-0.05, 0) is 19.3 Å². The Hall–Kier alpha value is -1.68. The molecule has 0 saturated carbocycles. The second kappa shape index (κ2) is 6.66. The number of rotatable bonds is 4. The van der Waals surface area contributed by atoms with E-state index in [-0.39, 0.29) is 11.8 Å². The quantitative estimate of drug-likeness (QED) is 0.863. The summed E-state index contributed by atoms with van der Waals surface area (Å²) in [6, 6.07) is 3.31. The van der Waals surface area contributed by atoms with Gasteiger partial charge in [0.1, 0.15) is 0 Å². The molecule has 1 aromatic carbocycles. The molecule has 0 radical (unpaired) electrons. The predicted molar refractivity (Wildman–Crippen MR) is 79.7 cm³/mol. The number of methoxy groups -OCH3 is 2. The van der Waals surface area contributed by atoms with Gasteiger partial charge >= 0.3 is 0 Å². The van der Waals surface area contributed by atoms with Crippen molar-refractivity contribution in [1.29, 1.82) is 0 Å². The number of allylic oxidation sites excluding steroid dienone is 2. The van der Waals surface area contributed by atoms with Crippen LogP contribution in [0.4, 0.5) is 5.69 Å². The SMILES string of the molecule is COc1cc(Cl)c(NC(=O)[C@H]2CC=CCC2)cc1OC. The summed E-state index contributed by atoms with van der Waals surface area (Å²) in [7, 11) is 3.09. The van der Waals surface area contributed by atoms with Crippen molar-refractivity contribution < 1.29 is 14.3 Å². The van der Waals surface area contributed by atoms with Gasteiger partial charge in [-0.25, -0.2) is 0 Å². The van der Waals surface area contributed by atoms with Gasteiger partial charge in [-0.15, -0.1) is 0 Å². The molecule has 2 rings (SSSR count). The maximum absolute atomic E-state index is 12.2. The van der Waals surface area contributed by atoms with Gasteiger partial charge < -0.3 is 14.8 Å². The van der Waals surface area contributed by atoms with E-state index in [1.165, 1.54) is 0 Å². The third kappa shape index (κ3) is 3.25. The third-order valence-corrected chi connectivity index (χ3v) is 3.68. The Labute approximate surface area is 123 Å². The highest BCUT2D eigenvalue weighted by Crippen LogP contribution is 2.36. The van der Waals surface area contributed by atoms with Gasteiger partial charge in [-0.3, -0.25) is 4.79 Å². The highest BCUT2D eigenvalue weighted by molar-refractivity contribution is 6.34. The fourth-order valence-electron chi connectivity index (χ4n) is 2.22. The lowest BCUT2D eigenvalue weighted by Crippen LogP contribution is -2.23. The molecule has 4 nitrogen and oxygen atoms in total. The van der Waals surface area contributed by atoms with Crippen LogP contribution in [0.25, 0.3) is 0 Å². The summed E-state index contributed by atoms with van der Waals surface area (Å²) in [5.74, 6) is 1.07. The highest BCUT2D eigenvalue weighted by Gasteiger charge is 2.20. The second-order valence-electron chi connectivity index (χ2n) is 4.66. The van der Waals surface area contributed by atoms with Crippen molar-refractivity contribution in [2.45, 2.75) is 19.3 Å². The van der Waals surface area contributed by atoms with Crippen molar-refractivity contribution >= 4 is 23.2 Å². The Balaban J connectivity index is 2.16. The first kappa shape index (κ1) is 14.7. The minimum atomic E-state index is -0.0107. The zero-order chi connectivity index (χ0) is 14.5. The van der Waals surface area contributed by atoms with Gasteiger partial charge in [0.05, 0.1) is 24.9 Å². The van der Waals surface area contributed by atoms with E-state index >= 15 is 0 Å². The summed E-state index contributed by atoms with van der Waals surface area (Å²) in [6.45, 7) is 0. The van der Waals surface area contributed by atoms with Crippen molar-refractivity contribution in [1.82, 2.24) is 0 Å². The van der Waals surface area contributed by atoms with E-state index in [2.05, 4.69) is 11.4 Å². The number of anilines is 1. The van der Waals surface area contributed by atoms with E-state index < -0.39 is 0 Å². The molecule has 1 atom stereocenters. The summed E-state index contributed by atoms with van der Waals surface area (Å²) in [4.78, 5) is 12.2. The number of nitrogens with one attached hydrogen (secondary N) is 1. The molecule has 0 unspecified atom stereocenters. The van der Waals surface area contributed by atoms with Gasteiger partial charge in [0.2, 0.25) is 5.91 Å². The molecule has 1 aliphatic rings. The Bertz CT molecular complexity index is 528. The van der Waals surface area contributed by atoms with Crippen LogP contribution in [0.1, 0.15) is 19.3 Å². The largest absolute Gasteiger partial charge is 0.493 e. The molecule has 20 heavy (non-hydrogen) atoms. The molecule has 0 bridgehead atoms. The summed E-state index contributed by atoms with van der Waals surface area (Å²) in [5.41, 5.74) is 0.545. The fourth-order valence-corrected chi connectivity index (χ4v) is 2.42. The first-order chi connectivity index (χ1) is 9.65. The number of carbonyl (C=O) groups is 1. The smallest absolute Gasteiger partial charge is 0.227 e. The second-order valence-corrected chi connectivity index (χ2v) is 5.06. The molecule has 1 N–H and O–H groups in total. The van der Waals surface area contributed by atoms with E-state index in [0.717, 1.165) is 19.3 Å².